The fourth-order valence-corrected chi connectivity index (χ4v) is 4.49. The Morgan fingerprint density at radius 2 is 1.33 bits per heavy atom. The number of piperazine rings is 1. The van der Waals surface area contributed by atoms with Gasteiger partial charge in [0.1, 0.15) is 11.9 Å². The summed E-state index contributed by atoms with van der Waals surface area (Å²) >= 11 is 0. The lowest BCUT2D eigenvalue weighted by atomic mass is 10.0. The highest BCUT2D eigenvalue weighted by Gasteiger charge is 2.32. The average molecular weight is 443 g/mol. The molecular weight excluding hydrogens is 415 g/mol. The van der Waals surface area contributed by atoms with Crippen molar-refractivity contribution >= 4 is 0 Å². The molecule has 0 N–H and O–H groups in total. The molecule has 0 bridgehead atoms. The number of rotatable bonds is 7. The molecule has 1 aliphatic rings. The summed E-state index contributed by atoms with van der Waals surface area (Å²) in [5.41, 5.74) is 3.02. The quantitative estimate of drug-likeness (QED) is 0.436. The molecule has 0 spiro atoms. The molecule has 0 amide bonds. The summed E-state index contributed by atoms with van der Waals surface area (Å²) in [6.45, 7) is 4.89. The molecule has 1 atom stereocenters. The first-order chi connectivity index (χ1) is 16.3. The van der Waals surface area contributed by atoms with Gasteiger partial charge < -0.3 is 0 Å². The summed E-state index contributed by atoms with van der Waals surface area (Å²) in [5, 5.41) is 12.6. The number of halogens is 1. The summed E-state index contributed by atoms with van der Waals surface area (Å²) in [4.78, 5) is 4.74. The van der Waals surface area contributed by atoms with E-state index in [2.05, 4.69) is 49.6 Å². The lowest BCUT2D eigenvalue weighted by Gasteiger charge is -2.39. The standard InChI is InChI=1S/C26H27FN6/c27-24-14-8-7-13-23(24)25(26-28-29-30-33(26)20-22-11-5-2-6-12-22)32-17-15-31(16-18-32)19-21-9-3-1-4-10-21/h1-14,25H,15-20H2/t25-/m0/s1. The van der Waals surface area contributed by atoms with Crippen molar-refractivity contribution in [2.45, 2.75) is 19.1 Å². The van der Waals surface area contributed by atoms with Crippen molar-refractivity contribution in [1.82, 2.24) is 30.0 Å². The zero-order valence-electron chi connectivity index (χ0n) is 18.5. The van der Waals surface area contributed by atoms with Gasteiger partial charge in [-0.05, 0) is 27.6 Å². The minimum Gasteiger partial charge on any atom is -0.297 e. The molecule has 1 aliphatic heterocycles. The van der Waals surface area contributed by atoms with Crippen LogP contribution in [0.25, 0.3) is 0 Å². The smallest absolute Gasteiger partial charge is 0.173 e. The first-order valence-corrected chi connectivity index (χ1v) is 11.3. The molecule has 0 aliphatic carbocycles. The molecular formula is C26H27FN6. The Hall–Kier alpha value is -3.42. The van der Waals surface area contributed by atoms with E-state index in [9.17, 15) is 4.39 Å². The van der Waals surface area contributed by atoms with E-state index < -0.39 is 0 Å². The topological polar surface area (TPSA) is 50.1 Å². The van der Waals surface area contributed by atoms with Gasteiger partial charge in [-0.1, -0.05) is 78.9 Å². The Balaban J connectivity index is 1.39. The van der Waals surface area contributed by atoms with Gasteiger partial charge >= 0.3 is 0 Å². The zero-order chi connectivity index (χ0) is 22.5. The van der Waals surface area contributed by atoms with Crippen molar-refractivity contribution in [2.75, 3.05) is 26.2 Å². The van der Waals surface area contributed by atoms with Crippen molar-refractivity contribution < 1.29 is 4.39 Å². The number of aromatic nitrogens is 4. The number of tetrazole rings is 1. The van der Waals surface area contributed by atoms with Gasteiger partial charge in [0, 0.05) is 38.3 Å². The summed E-state index contributed by atoms with van der Waals surface area (Å²) in [6, 6.07) is 27.2. The molecule has 2 heterocycles. The third-order valence-corrected chi connectivity index (χ3v) is 6.20. The van der Waals surface area contributed by atoms with Crippen molar-refractivity contribution in [1.29, 1.82) is 0 Å². The molecule has 168 valence electrons. The van der Waals surface area contributed by atoms with Gasteiger partial charge in [0.2, 0.25) is 0 Å². The van der Waals surface area contributed by atoms with Crippen molar-refractivity contribution in [3.05, 3.63) is 113 Å². The van der Waals surface area contributed by atoms with E-state index in [4.69, 9.17) is 0 Å². The monoisotopic (exact) mass is 442 g/mol. The lowest BCUT2D eigenvalue weighted by molar-refractivity contribution is 0.0990. The maximum absolute atomic E-state index is 15.0. The largest absolute Gasteiger partial charge is 0.297 e. The molecule has 1 aromatic heterocycles. The first kappa shape index (κ1) is 21.4. The molecule has 1 saturated heterocycles. The Morgan fingerprint density at radius 1 is 0.727 bits per heavy atom. The zero-order valence-corrected chi connectivity index (χ0v) is 18.5. The highest BCUT2D eigenvalue weighted by Crippen LogP contribution is 2.30. The van der Waals surface area contributed by atoms with Gasteiger partial charge in [-0.15, -0.1) is 5.10 Å². The molecule has 0 radical (unpaired) electrons. The van der Waals surface area contributed by atoms with E-state index in [1.54, 1.807) is 10.7 Å². The fourth-order valence-electron chi connectivity index (χ4n) is 4.49. The predicted octanol–water partition coefficient (Wildman–Crippen LogP) is 3.77. The number of hydrogen-bond acceptors (Lipinski definition) is 5. The maximum atomic E-state index is 15.0. The highest BCUT2D eigenvalue weighted by atomic mass is 19.1. The van der Waals surface area contributed by atoms with E-state index in [0.717, 1.165) is 38.3 Å². The van der Waals surface area contributed by atoms with Crippen LogP contribution in [0.15, 0.2) is 84.9 Å². The third kappa shape index (κ3) is 4.99. The van der Waals surface area contributed by atoms with E-state index in [-0.39, 0.29) is 11.9 Å². The molecule has 33 heavy (non-hydrogen) atoms. The Kier molecular flexibility index (Phi) is 6.51. The van der Waals surface area contributed by atoms with Crippen LogP contribution in [0.4, 0.5) is 4.39 Å². The predicted molar refractivity (Wildman–Crippen MR) is 125 cm³/mol. The number of benzene rings is 3. The van der Waals surface area contributed by atoms with Gasteiger partial charge in [-0.3, -0.25) is 9.80 Å². The van der Waals surface area contributed by atoms with Crippen molar-refractivity contribution in [3.63, 3.8) is 0 Å². The molecule has 3 aromatic carbocycles. The number of hydrogen-bond donors (Lipinski definition) is 0. The Bertz CT molecular complexity index is 1160. The summed E-state index contributed by atoms with van der Waals surface area (Å²) in [6.07, 6.45) is 0. The van der Waals surface area contributed by atoms with E-state index >= 15 is 0 Å². The molecule has 1 fully saturated rings. The molecule has 6 nitrogen and oxygen atoms in total. The first-order valence-electron chi connectivity index (χ1n) is 11.3. The minimum atomic E-state index is -0.344. The van der Waals surface area contributed by atoms with Gasteiger partial charge in [-0.2, -0.15) is 0 Å². The van der Waals surface area contributed by atoms with Crippen LogP contribution in [-0.4, -0.2) is 56.2 Å². The lowest BCUT2D eigenvalue weighted by Crippen LogP contribution is -2.48. The van der Waals surface area contributed by atoms with Crippen molar-refractivity contribution in [2.24, 2.45) is 0 Å². The van der Waals surface area contributed by atoms with Gasteiger partial charge in [0.25, 0.3) is 0 Å². The molecule has 0 unspecified atom stereocenters. The second kappa shape index (κ2) is 10.0. The second-order valence-corrected chi connectivity index (χ2v) is 8.40. The summed E-state index contributed by atoms with van der Waals surface area (Å²) in [5.74, 6) is 0.434. The average Bonchev–Trinajstić information content (AvgIpc) is 3.30. The van der Waals surface area contributed by atoms with Crippen LogP contribution in [0.1, 0.15) is 28.6 Å². The normalized spacial score (nSPS) is 16.0. The maximum Gasteiger partial charge on any atom is 0.173 e. The van der Waals surface area contributed by atoms with Crippen LogP contribution in [0.2, 0.25) is 0 Å². The van der Waals surface area contributed by atoms with Crippen LogP contribution in [0.5, 0.6) is 0 Å². The summed E-state index contributed by atoms with van der Waals surface area (Å²) in [7, 11) is 0. The van der Waals surface area contributed by atoms with Gasteiger partial charge in [0.05, 0.1) is 6.54 Å². The highest BCUT2D eigenvalue weighted by molar-refractivity contribution is 5.27. The molecule has 5 rings (SSSR count). The SMILES string of the molecule is Fc1ccccc1[C@@H](c1nnnn1Cc1ccccc1)N1CCN(Cc2ccccc2)CC1. The van der Waals surface area contributed by atoms with Crippen molar-refractivity contribution in [3.8, 4) is 0 Å². The summed E-state index contributed by atoms with van der Waals surface area (Å²) < 4.78 is 16.8. The van der Waals surface area contributed by atoms with Gasteiger partial charge in [-0.25, -0.2) is 9.07 Å². The Labute approximate surface area is 193 Å². The minimum absolute atomic E-state index is 0.233. The second-order valence-electron chi connectivity index (χ2n) is 8.40. The van der Waals surface area contributed by atoms with Crippen LogP contribution >= 0.6 is 0 Å². The van der Waals surface area contributed by atoms with Gasteiger partial charge in [0.15, 0.2) is 5.82 Å². The van der Waals surface area contributed by atoms with E-state index in [1.165, 1.54) is 11.6 Å². The van der Waals surface area contributed by atoms with Crippen LogP contribution < -0.4 is 0 Å². The fraction of sp³-hybridized carbons (Fsp3) is 0.269. The van der Waals surface area contributed by atoms with Crippen LogP contribution in [-0.2, 0) is 13.1 Å². The third-order valence-electron chi connectivity index (χ3n) is 6.20. The Morgan fingerprint density at radius 3 is 2.00 bits per heavy atom. The van der Waals surface area contributed by atoms with E-state index in [0.29, 0.717) is 17.9 Å². The number of nitrogens with zero attached hydrogens (tertiary/aromatic N) is 6. The van der Waals surface area contributed by atoms with Crippen LogP contribution in [0.3, 0.4) is 0 Å². The molecule has 0 saturated carbocycles. The molecule has 7 heteroatoms. The van der Waals surface area contributed by atoms with Crippen LogP contribution in [0, 0.1) is 5.82 Å². The molecule has 4 aromatic rings. The van der Waals surface area contributed by atoms with E-state index in [1.807, 2.05) is 48.5 Å².